The van der Waals surface area contributed by atoms with Crippen molar-refractivity contribution < 1.29 is 19.1 Å². The van der Waals surface area contributed by atoms with Crippen LogP contribution in [0.3, 0.4) is 0 Å². The van der Waals surface area contributed by atoms with E-state index >= 15 is 0 Å². The van der Waals surface area contributed by atoms with Gasteiger partial charge in [0.15, 0.2) is 18.1 Å². The molecule has 166 valence electrons. The lowest BCUT2D eigenvalue weighted by Gasteiger charge is -2.33. The predicted molar refractivity (Wildman–Crippen MR) is 117 cm³/mol. The van der Waals surface area contributed by atoms with Crippen LogP contribution in [-0.4, -0.2) is 49.6 Å². The van der Waals surface area contributed by atoms with Crippen LogP contribution in [-0.2, 0) is 9.59 Å². The van der Waals surface area contributed by atoms with Crippen LogP contribution in [0.25, 0.3) is 6.08 Å². The van der Waals surface area contributed by atoms with E-state index in [9.17, 15) is 9.59 Å². The summed E-state index contributed by atoms with van der Waals surface area (Å²) in [6, 6.07) is 7.39. The van der Waals surface area contributed by atoms with Crippen molar-refractivity contribution in [2.75, 3.05) is 26.8 Å². The first-order valence-electron chi connectivity index (χ1n) is 11.1. The molecule has 0 spiro atoms. The molecule has 0 bridgehead atoms. The number of carbonyl (C=O) groups is 2. The van der Waals surface area contributed by atoms with Crippen LogP contribution < -0.4 is 14.8 Å². The molecule has 7 nitrogen and oxygen atoms in total. The second-order valence-corrected chi connectivity index (χ2v) is 8.13. The Morgan fingerprint density at radius 3 is 2.58 bits per heavy atom. The zero-order valence-corrected chi connectivity index (χ0v) is 18.1. The van der Waals surface area contributed by atoms with Crippen LogP contribution in [0.4, 0.5) is 0 Å². The summed E-state index contributed by atoms with van der Waals surface area (Å²) < 4.78 is 10.6. The molecule has 1 saturated carbocycles. The number of benzene rings is 1. The second-order valence-electron chi connectivity index (χ2n) is 8.13. The number of hydrogen-bond donors (Lipinski definition) is 1. The van der Waals surface area contributed by atoms with E-state index in [-0.39, 0.29) is 30.4 Å². The summed E-state index contributed by atoms with van der Waals surface area (Å²) >= 11 is 0. The summed E-state index contributed by atoms with van der Waals surface area (Å²) in [4.78, 5) is 26.8. The summed E-state index contributed by atoms with van der Waals surface area (Å²) in [5.41, 5.74) is 0.809. The maximum absolute atomic E-state index is 12.6. The number of hydrogen-bond acceptors (Lipinski definition) is 5. The van der Waals surface area contributed by atoms with Gasteiger partial charge in [-0.15, -0.1) is 0 Å². The number of rotatable bonds is 7. The molecule has 7 heteroatoms. The number of nitriles is 1. The molecule has 2 fully saturated rings. The van der Waals surface area contributed by atoms with Crippen molar-refractivity contribution in [3.63, 3.8) is 0 Å². The third-order valence-corrected chi connectivity index (χ3v) is 6.03. The van der Waals surface area contributed by atoms with Gasteiger partial charge in [-0.05, 0) is 49.5 Å². The molecule has 0 unspecified atom stereocenters. The predicted octanol–water partition coefficient (Wildman–Crippen LogP) is 3.30. The average molecular weight is 426 g/mol. The first-order chi connectivity index (χ1) is 15.1. The minimum Gasteiger partial charge on any atom is -0.493 e. The van der Waals surface area contributed by atoms with Crippen molar-refractivity contribution in [1.82, 2.24) is 10.2 Å². The molecular weight excluding hydrogens is 394 g/mol. The van der Waals surface area contributed by atoms with Gasteiger partial charge in [0, 0.05) is 31.1 Å². The molecule has 0 radical (unpaired) electrons. The maximum atomic E-state index is 12.6. The maximum Gasteiger partial charge on any atom is 0.246 e. The van der Waals surface area contributed by atoms with Gasteiger partial charge >= 0.3 is 0 Å². The van der Waals surface area contributed by atoms with E-state index in [4.69, 9.17) is 14.7 Å². The second kappa shape index (κ2) is 11.4. The Morgan fingerprint density at radius 1 is 1.16 bits per heavy atom. The fraction of sp³-hybridized carbons (Fsp3) is 0.542. The van der Waals surface area contributed by atoms with E-state index in [1.165, 1.54) is 13.5 Å². The summed E-state index contributed by atoms with van der Waals surface area (Å²) in [6.45, 7) is 1.23. The summed E-state index contributed by atoms with van der Waals surface area (Å²) in [6.07, 6.45) is 10.4. The molecular formula is C24H31N3O4. The molecule has 3 rings (SSSR count). The highest BCUT2D eigenvalue weighted by atomic mass is 16.5. The number of nitrogens with zero attached hydrogens (tertiary/aromatic N) is 2. The van der Waals surface area contributed by atoms with E-state index in [0.717, 1.165) is 44.1 Å². The van der Waals surface area contributed by atoms with E-state index in [2.05, 4.69) is 5.32 Å². The van der Waals surface area contributed by atoms with Crippen LogP contribution in [0, 0.1) is 17.2 Å². The van der Waals surface area contributed by atoms with Gasteiger partial charge in [-0.1, -0.05) is 25.3 Å². The van der Waals surface area contributed by atoms with Gasteiger partial charge in [0.1, 0.15) is 6.07 Å². The van der Waals surface area contributed by atoms with E-state index in [0.29, 0.717) is 24.6 Å². The zero-order valence-electron chi connectivity index (χ0n) is 18.1. The van der Waals surface area contributed by atoms with E-state index < -0.39 is 0 Å². The van der Waals surface area contributed by atoms with Crippen molar-refractivity contribution in [3.8, 4) is 17.6 Å². The number of methoxy groups -OCH3 is 1. The molecule has 1 aliphatic heterocycles. The zero-order chi connectivity index (χ0) is 22.1. The monoisotopic (exact) mass is 425 g/mol. The van der Waals surface area contributed by atoms with Gasteiger partial charge in [-0.2, -0.15) is 5.26 Å². The lowest BCUT2D eigenvalue weighted by molar-refractivity contribution is -0.128. The molecule has 1 aliphatic carbocycles. The van der Waals surface area contributed by atoms with Crippen molar-refractivity contribution in [1.29, 1.82) is 5.26 Å². The molecule has 0 aromatic heterocycles. The van der Waals surface area contributed by atoms with Crippen LogP contribution in [0.5, 0.6) is 11.5 Å². The SMILES string of the molecule is COc1cc(/C=C/C(=O)N2CCC(NC(=O)C3CCCCC3)CC2)ccc1OCC#N. The fourth-order valence-electron chi connectivity index (χ4n) is 4.22. The molecule has 0 atom stereocenters. The first kappa shape index (κ1) is 22.7. The first-order valence-corrected chi connectivity index (χ1v) is 11.1. The van der Waals surface area contributed by atoms with Crippen LogP contribution in [0.1, 0.15) is 50.5 Å². The smallest absolute Gasteiger partial charge is 0.246 e. The van der Waals surface area contributed by atoms with Gasteiger partial charge in [0.2, 0.25) is 11.8 Å². The molecule has 31 heavy (non-hydrogen) atoms. The third kappa shape index (κ3) is 6.48. The van der Waals surface area contributed by atoms with Gasteiger partial charge < -0.3 is 19.7 Å². The van der Waals surface area contributed by atoms with Crippen molar-refractivity contribution in [2.45, 2.75) is 51.0 Å². The lowest BCUT2D eigenvalue weighted by atomic mass is 9.88. The third-order valence-electron chi connectivity index (χ3n) is 6.03. The van der Waals surface area contributed by atoms with Gasteiger partial charge in [0.05, 0.1) is 7.11 Å². The Balaban J connectivity index is 1.47. The van der Waals surface area contributed by atoms with Crippen LogP contribution in [0.2, 0.25) is 0 Å². The Morgan fingerprint density at radius 2 is 1.90 bits per heavy atom. The van der Waals surface area contributed by atoms with Crippen LogP contribution in [0.15, 0.2) is 24.3 Å². The molecule has 2 amide bonds. The van der Waals surface area contributed by atoms with Crippen molar-refractivity contribution in [3.05, 3.63) is 29.8 Å². The van der Waals surface area contributed by atoms with Crippen LogP contribution >= 0.6 is 0 Å². The largest absolute Gasteiger partial charge is 0.493 e. The van der Waals surface area contributed by atoms with Crippen molar-refractivity contribution >= 4 is 17.9 Å². The minimum absolute atomic E-state index is 0.0409. The van der Waals surface area contributed by atoms with Gasteiger partial charge in [-0.25, -0.2) is 0 Å². The normalized spacial score (nSPS) is 17.9. The number of nitrogens with one attached hydrogen (secondary N) is 1. The van der Waals surface area contributed by atoms with Gasteiger partial charge in [0.25, 0.3) is 0 Å². The standard InChI is InChI=1S/C24H31N3O4/c1-30-22-17-18(7-9-21(22)31-16-13-25)8-10-23(28)27-14-11-20(12-15-27)26-24(29)19-5-3-2-4-6-19/h7-10,17,19-20H,2-6,11-12,14-16H2,1H3,(H,26,29)/b10-8+. The molecule has 1 aromatic carbocycles. The van der Waals surface area contributed by atoms with Gasteiger partial charge in [-0.3, -0.25) is 9.59 Å². The summed E-state index contributed by atoms with van der Waals surface area (Å²) in [5, 5.41) is 11.8. The Kier molecular flexibility index (Phi) is 8.34. The summed E-state index contributed by atoms with van der Waals surface area (Å²) in [7, 11) is 1.53. The van der Waals surface area contributed by atoms with E-state index in [1.54, 1.807) is 24.3 Å². The Bertz CT molecular complexity index is 832. The van der Waals surface area contributed by atoms with Crippen molar-refractivity contribution in [2.24, 2.45) is 5.92 Å². The number of piperidine rings is 1. The highest BCUT2D eigenvalue weighted by Gasteiger charge is 2.26. The lowest BCUT2D eigenvalue weighted by Crippen LogP contribution is -2.47. The molecule has 1 saturated heterocycles. The number of likely N-dealkylation sites (tertiary alicyclic amines) is 1. The molecule has 1 aromatic rings. The fourth-order valence-corrected chi connectivity index (χ4v) is 4.22. The minimum atomic E-state index is -0.0545. The highest BCUT2D eigenvalue weighted by Crippen LogP contribution is 2.28. The highest BCUT2D eigenvalue weighted by molar-refractivity contribution is 5.92. The number of ether oxygens (including phenoxy) is 2. The Labute approximate surface area is 184 Å². The average Bonchev–Trinajstić information content (AvgIpc) is 2.82. The number of amides is 2. The molecule has 1 N–H and O–H groups in total. The number of carbonyl (C=O) groups excluding carboxylic acids is 2. The quantitative estimate of drug-likeness (QED) is 0.677. The van der Waals surface area contributed by atoms with E-state index in [1.807, 2.05) is 17.0 Å². The molecule has 2 aliphatic rings. The summed E-state index contributed by atoms with van der Waals surface area (Å²) in [5.74, 6) is 1.33. The Hall–Kier alpha value is -3.01. The molecule has 1 heterocycles. The topological polar surface area (TPSA) is 91.7 Å².